The van der Waals surface area contributed by atoms with E-state index in [1.165, 1.54) is 36.2 Å². The second kappa shape index (κ2) is 11.4. The van der Waals surface area contributed by atoms with Gasteiger partial charge >= 0.3 is 29.4 Å². The van der Waals surface area contributed by atoms with Crippen molar-refractivity contribution >= 4 is 17.2 Å². The summed E-state index contributed by atoms with van der Waals surface area (Å²) in [6, 6.07) is 4.24. The molecule has 0 amide bonds. The molecule has 4 heteroatoms. The van der Waals surface area contributed by atoms with Gasteiger partial charge in [-0.1, -0.05) is 35.7 Å². The van der Waals surface area contributed by atoms with Crippen LogP contribution in [-0.4, -0.2) is 47.8 Å². The van der Waals surface area contributed by atoms with Crippen LogP contribution in [0.5, 0.6) is 0 Å². The molecule has 1 saturated heterocycles. The van der Waals surface area contributed by atoms with E-state index < -0.39 is 0 Å². The molecule has 1 aromatic carbocycles. The van der Waals surface area contributed by atoms with Crippen LogP contribution >= 0.6 is 0 Å². The molecule has 2 nitrogen and oxygen atoms in total. The molecule has 22 heavy (non-hydrogen) atoms. The average Bonchev–Trinajstić information content (AvgIpc) is 2.76. The Kier molecular flexibility index (Phi) is 11.3. The van der Waals surface area contributed by atoms with Gasteiger partial charge in [-0.3, -0.25) is 9.80 Å². The van der Waals surface area contributed by atoms with Gasteiger partial charge in [-0.15, -0.1) is 0 Å². The number of rotatable bonds is 1. The molecule has 0 spiro atoms. The summed E-state index contributed by atoms with van der Waals surface area (Å²) >= 11 is 7.54. The van der Waals surface area contributed by atoms with E-state index in [2.05, 4.69) is 81.6 Å². The summed E-state index contributed by atoms with van der Waals surface area (Å²) in [4.78, 5) is 5.81. The van der Waals surface area contributed by atoms with E-state index in [1.807, 2.05) is 11.5 Å². The maximum Gasteiger partial charge on any atom is -0.0398 e. The fourth-order valence-electron chi connectivity index (χ4n) is 2.74. The van der Waals surface area contributed by atoms with Crippen molar-refractivity contribution < 1.29 is 17.9 Å². The van der Waals surface area contributed by atoms with Crippen molar-refractivity contribution in [2.24, 2.45) is 0 Å². The molecule has 0 atom stereocenters. The van der Waals surface area contributed by atoms with Gasteiger partial charge in [-0.05, 0) is 41.3 Å². The zero-order valence-corrected chi connectivity index (χ0v) is 17.6. The summed E-state index contributed by atoms with van der Waals surface area (Å²) in [5, 5.41) is 0. The van der Waals surface area contributed by atoms with E-state index in [9.17, 15) is 0 Å². The Balaban J connectivity index is 0.000000342. The van der Waals surface area contributed by atoms with Gasteiger partial charge in [-0.25, -0.2) is 0 Å². The third-order valence-electron chi connectivity index (χ3n) is 3.79. The Morgan fingerprint density at radius 2 is 1.50 bits per heavy atom. The fraction of sp³-hybridized carbons (Fsp3) is 0.611. The molecule has 0 aliphatic carbocycles. The predicted molar refractivity (Wildman–Crippen MR) is 97.4 cm³/mol. The van der Waals surface area contributed by atoms with Gasteiger partial charge in [0.1, 0.15) is 0 Å². The second-order valence-electron chi connectivity index (χ2n) is 5.78. The largest absolute Gasteiger partial charge is 0.779 e. The van der Waals surface area contributed by atoms with Crippen LogP contribution in [0, 0.1) is 20.8 Å². The zero-order valence-electron chi connectivity index (χ0n) is 15.1. The molecule has 1 aliphatic heterocycles. The van der Waals surface area contributed by atoms with Crippen LogP contribution in [0.1, 0.15) is 37.0 Å². The molecule has 127 valence electrons. The van der Waals surface area contributed by atoms with Crippen LogP contribution in [-0.2, 0) is 30.5 Å². The van der Waals surface area contributed by atoms with Crippen molar-refractivity contribution in [2.45, 2.75) is 52.1 Å². The van der Waals surface area contributed by atoms with Gasteiger partial charge in [-0.2, -0.15) is 4.90 Å². The molecule has 2 rings (SSSR count). The SMILES string of the molecule is CCC1N(C)CCN1C.C[CH]=[Ru+].Cc1cc(C)c([S-])c(C)c1. The first kappa shape index (κ1) is 21.9. The van der Waals surface area contributed by atoms with E-state index in [0.717, 1.165) is 4.90 Å². The average molecular weight is 409 g/mol. The molecule has 0 unspecified atom stereocenters. The maximum absolute atomic E-state index is 5.15. The van der Waals surface area contributed by atoms with Crippen molar-refractivity contribution in [2.75, 3.05) is 27.2 Å². The topological polar surface area (TPSA) is 6.48 Å². The molecule has 0 bridgehead atoms. The van der Waals surface area contributed by atoms with Crippen molar-refractivity contribution in [3.8, 4) is 0 Å². The molecule has 0 saturated carbocycles. The first-order valence-corrected chi connectivity index (χ1v) is 9.21. The van der Waals surface area contributed by atoms with Crippen LogP contribution in [0.15, 0.2) is 17.0 Å². The van der Waals surface area contributed by atoms with Crippen LogP contribution in [0.3, 0.4) is 0 Å². The summed E-state index contributed by atoms with van der Waals surface area (Å²) in [5.41, 5.74) is 3.73. The van der Waals surface area contributed by atoms with Gasteiger partial charge in [0.15, 0.2) is 0 Å². The molecule has 0 N–H and O–H groups in total. The van der Waals surface area contributed by atoms with Crippen LogP contribution in [0.25, 0.3) is 0 Å². The van der Waals surface area contributed by atoms with Crippen molar-refractivity contribution in [3.05, 3.63) is 28.8 Å². The number of hydrogen-bond acceptors (Lipinski definition) is 3. The van der Waals surface area contributed by atoms with Gasteiger partial charge in [0.05, 0.1) is 6.17 Å². The van der Waals surface area contributed by atoms with E-state index in [1.54, 1.807) is 0 Å². The first-order chi connectivity index (χ1) is 10.3. The Morgan fingerprint density at radius 1 is 1.14 bits per heavy atom. The zero-order chi connectivity index (χ0) is 17.3. The van der Waals surface area contributed by atoms with Gasteiger partial charge in [0.2, 0.25) is 0 Å². The molecular formula is C18H31N2RuS. The molecule has 1 heterocycles. The number of aryl methyl sites for hydroxylation is 3. The molecule has 0 radical (unpaired) electrons. The van der Waals surface area contributed by atoms with E-state index in [0.29, 0.717) is 6.17 Å². The smallest absolute Gasteiger partial charge is 0.0398 e. The summed E-state index contributed by atoms with van der Waals surface area (Å²) in [7, 11) is 4.38. The van der Waals surface area contributed by atoms with Gasteiger partial charge in [0.25, 0.3) is 0 Å². The minimum atomic E-state index is 0.699. The number of likely N-dealkylation sites (N-methyl/N-ethyl adjacent to an activating group) is 2. The van der Waals surface area contributed by atoms with E-state index >= 15 is 0 Å². The standard InChI is InChI=1S/C9H12S.C7H16N2.C2H4.Ru/c1-6-4-7(2)9(10)8(3)5-6;1-4-7-8(2)5-6-9(7)3;1-2;/h4-5,10H,1-3H3;7H,4-6H2,1-3H3;1H,2H3;/q;;;+1/p-1. The Hall–Kier alpha value is -0.147. The van der Waals surface area contributed by atoms with Crippen molar-refractivity contribution in [1.29, 1.82) is 0 Å². The first-order valence-electron chi connectivity index (χ1n) is 7.80. The normalized spacial score (nSPS) is 15.6. The minimum absolute atomic E-state index is 0.699. The molecule has 1 aromatic rings. The van der Waals surface area contributed by atoms with Crippen molar-refractivity contribution in [3.63, 3.8) is 0 Å². The third-order valence-corrected chi connectivity index (χ3v) is 4.44. The van der Waals surface area contributed by atoms with Crippen LogP contribution < -0.4 is 0 Å². The fourth-order valence-corrected chi connectivity index (χ4v) is 2.86. The summed E-state index contributed by atoms with van der Waals surface area (Å²) in [6.45, 7) is 12.9. The van der Waals surface area contributed by atoms with Crippen LogP contribution in [0.4, 0.5) is 0 Å². The van der Waals surface area contributed by atoms with Gasteiger partial charge < -0.3 is 12.6 Å². The minimum Gasteiger partial charge on any atom is -0.779 e. The summed E-state index contributed by atoms with van der Waals surface area (Å²) in [6.07, 6.45) is 1.94. The summed E-state index contributed by atoms with van der Waals surface area (Å²) < 4.78 is 1.93. The second-order valence-corrected chi connectivity index (χ2v) is 7.19. The Bertz CT molecular complexity index is 429. The quantitative estimate of drug-likeness (QED) is 0.519. The Labute approximate surface area is 152 Å². The van der Waals surface area contributed by atoms with E-state index in [4.69, 9.17) is 12.6 Å². The van der Waals surface area contributed by atoms with Gasteiger partial charge in [0, 0.05) is 13.1 Å². The monoisotopic (exact) mass is 409 g/mol. The number of benzene rings is 1. The maximum atomic E-state index is 5.15. The number of hydrogen-bond donors (Lipinski definition) is 0. The molecular weight excluding hydrogens is 377 g/mol. The van der Waals surface area contributed by atoms with Crippen molar-refractivity contribution in [1.82, 2.24) is 9.80 Å². The van der Waals surface area contributed by atoms with E-state index in [-0.39, 0.29) is 0 Å². The number of nitrogens with zero attached hydrogens (tertiary/aromatic N) is 2. The van der Waals surface area contributed by atoms with Crippen LogP contribution in [0.2, 0.25) is 0 Å². The summed E-state index contributed by atoms with van der Waals surface area (Å²) in [5.74, 6) is 0. The molecule has 1 fully saturated rings. The molecule has 0 aromatic heterocycles. The third kappa shape index (κ3) is 7.41. The Morgan fingerprint density at radius 3 is 1.77 bits per heavy atom. The predicted octanol–water partition coefficient (Wildman–Crippen LogP) is 3.47. The molecule has 1 aliphatic rings.